The maximum Gasteiger partial charge on any atom is 0.0733 e. The van der Waals surface area contributed by atoms with Gasteiger partial charge in [-0.3, -0.25) is 9.67 Å². The highest BCUT2D eigenvalue weighted by Gasteiger charge is 2.01. The molecule has 0 radical (unpaired) electrons. The molecule has 0 fully saturated rings. The third kappa shape index (κ3) is 2.37. The summed E-state index contributed by atoms with van der Waals surface area (Å²) in [5.74, 6) is 0. The Morgan fingerprint density at radius 1 is 1.44 bits per heavy atom. The topological polar surface area (TPSA) is 79.5 Å². The third-order valence-electron chi connectivity index (χ3n) is 2.09. The van der Waals surface area contributed by atoms with Gasteiger partial charge in [-0.15, -0.1) is 0 Å². The molecule has 2 aromatic rings. The Bertz CT molecular complexity index is 497. The summed E-state index contributed by atoms with van der Waals surface area (Å²) in [6, 6.07) is 5.73. The Morgan fingerprint density at radius 2 is 2.38 bits per heavy atom. The molecule has 0 bridgehead atoms. The van der Waals surface area contributed by atoms with E-state index in [1.54, 1.807) is 17.1 Å². The van der Waals surface area contributed by atoms with Crippen LogP contribution in [0.25, 0.3) is 21.7 Å². The van der Waals surface area contributed by atoms with Crippen molar-refractivity contribution in [2.45, 2.75) is 6.54 Å². The summed E-state index contributed by atoms with van der Waals surface area (Å²) < 4.78 is 1.73. The van der Waals surface area contributed by atoms with Crippen molar-refractivity contribution in [3.05, 3.63) is 47.2 Å². The number of hydrogen-bond acceptors (Lipinski definition) is 3. The van der Waals surface area contributed by atoms with Crippen LogP contribution in [0.3, 0.4) is 0 Å². The molecule has 0 unspecified atom stereocenters. The molecule has 6 heteroatoms. The van der Waals surface area contributed by atoms with Crippen LogP contribution in [0.2, 0.25) is 0 Å². The van der Waals surface area contributed by atoms with Gasteiger partial charge in [0.05, 0.1) is 11.9 Å². The van der Waals surface area contributed by atoms with Crippen molar-refractivity contribution in [3.63, 3.8) is 0 Å². The Balaban J connectivity index is 2.11. The van der Waals surface area contributed by atoms with Crippen molar-refractivity contribution in [2.75, 3.05) is 6.54 Å². The molecule has 80 valence electrons. The summed E-state index contributed by atoms with van der Waals surface area (Å²) in [4.78, 5) is 6.91. The molecular formula is C10H10N6. The summed E-state index contributed by atoms with van der Waals surface area (Å²) >= 11 is 0. The first-order valence-corrected chi connectivity index (χ1v) is 4.85. The first kappa shape index (κ1) is 10.2. The van der Waals surface area contributed by atoms with Gasteiger partial charge >= 0.3 is 0 Å². The smallest absolute Gasteiger partial charge is 0.0733 e. The molecule has 0 N–H and O–H groups in total. The fraction of sp³-hybridized carbons (Fsp3) is 0.200. The van der Waals surface area contributed by atoms with Gasteiger partial charge in [-0.25, -0.2) is 0 Å². The molecule has 0 aliphatic heterocycles. The van der Waals surface area contributed by atoms with E-state index in [-0.39, 0.29) is 0 Å². The predicted octanol–water partition coefficient (Wildman–Crippen LogP) is 2.26. The fourth-order valence-corrected chi connectivity index (χ4v) is 1.34. The maximum atomic E-state index is 8.15. The number of hydrogen-bond donors (Lipinski definition) is 0. The maximum absolute atomic E-state index is 8.15. The number of aromatic nitrogens is 3. The van der Waals surface area contributed by atoms with Crippen molar-refractivity contribution >= 4 is 0 Å². The van der Waals surface area contributed by atoms with E-state index in [9.17, 15) is 0 Å². The Hall–Kier alpha value is -2.33. The van der Waals surface area contributed by atoms with Crippen LogP contribution < -0.4 is 0 Å². The quantitative estimate of drug-likeness (QED) is 0.444. The summed E-state index contributed by atoms with van der Waals surface area (Å²) in [5, 5.41) is 7.61. The van der Waals surface area contributed by atoms with Gasteiger partial charge in [-0.2, -0.15) is 5.10 Å². The lowest BCUT2D eigenvalue weighted by atomic mass is 10.2. The lowest BCUT2D eigenvalue weighted by Gasteiger charge is -1.95. The minimum Gasteiger partial charge on any atom is -0.272 e. The van der Waals surface area contributed by atoms with Gasteiger partial charge < -0.3 is 0 Å². The van der Waals surface area contributed by atoms with Crippen molar-refractivity contribution in [1.29, 1.82) is 0 Å². The van der Waals surface area contributed by atoms with Crippen LogP contribution in [0, 0.1) is 0 Å². The molecule has 2 heterocycles. The van der Waals surface area contributed by atoms with Gasteiger partial charge in [-0.1, -0.05) is 11.2 Å². The Morgan fingerprint density at radius 3 is 3.12 bits per heavy atom. The van der Waals surface area contributed by atoms with Crippen molar-refractivity contribution < 1.29 is 0 Å². The predicted molar refractivity (Wildman–Crippen MR) is 59.5 cm³/mol. The summed E-state index contributed by atoms with van der Waals surface area (Å²) in [6.07, 6.45) is 5.38. The monoisotopic (exact) mass is 214 g/mol. The highest BCUT2D eigenvalue weighted by Crippen LogP contribution is 2.14. The second-order valence-corrected chi connectivity index (χ2v) is 3.16. The lowest BCUT2D eigenvalue weighted by molar-refractivity contribution is 0.624. The van der Waals surface area contributed by atoms with E-state index in [4.69, 9.17) is 5.53 Å². The van der Waals surface area contributed by atoms with E-state index < -0.39 is 0 Å². The molecule has 0 spiro atoms. The van der Waals surface area contributed by atoms with Crippen LogP contribution in [0.4, 0.5) is 0 Å². The molecule has 2 aromatic heterocycles. The molecule has 0 aliphatic rings. The zero-order chi connectivity index (χ0) is 11.2. The third-order valence-corrected chi connectivity index (χ3v) is 2.09. The van der Waals surface area contributed by atoms with Crippen LogP contribution in [-0.4, -0.2) is 21.3 Å². The summed E-state index contributed by atoms with van der Waals surface area (Å²) in [5.41, 5.74) is 9.99. The zero-order valence-electron chi connectivity index (χ0n) is 8.56. The molecule has 0 aromatic carbocycles. The molecule has 0 saturated heterocycles. The number of azide groups is 1. The average Bonchev–Trinajstić information content (AvgIpc) is 2.79. The largest absolute Gasteiger partial charge is 0.272 e. The number of nitrogens with zero attached hydrogens (tertiary/aromatic N) is 6. The molecule has 0 amide bonds. The SMILES string of the molecule is [N-]=[N+]=NCCn1cc(-c2ccccn2)cn1. The first-order valence-electron chi connectivity index (χ1n) is 4.85. The van der Waals surface area contributed by atoms with Crippen LogP contribution in [-0.2, 0) is 6.54 Å². The Labute approximate surface area is 92.2 Å². The second-order valence-electron chi connectivity index (χ2n) is 3.16. The second kappa shape index (κ2) is 4.95. The van der Waals surface area contributed by atoms with E-state index in [1.807, 2.05) is 24.4 Å². The summed E-state index contributed by atoms with van der Waals surface area (Å²) in [6.45, 7) is 0.983. The average molecular weight is 214 g/mol. The molecule has 16 heavy (non-hydrogen) atoms. The molecule has 2 rings (SSSR count). The van der Waals surface area contributed by atoms with Crippen LogP contribution in [0.15, 0.2) is 41.9 Å². The normalized spacial score (nSPS) is 9.75. The van der Waals surface area contributed by atoms with E-state index in [0.29, 0.717) is 13.1 Å². The molecule has 0 atom stereocenters. The highest BCUT2D eigenvalue weighted by molar-refractivity contribution is 5.56. The van der Waals surface area contributed by atoms with Crippen molar-refractivity contribution in [1.82, 2.24) is 14.8 Å². The van der Waals surface area contributed by atoms with Gasteiger partial charge in [0.2, 0.25) is 0 Å². The zero-order valence-corrected chi connectivity index (χ0v) is 8.56. The van der Waals surface area contributed by atoms with Crippen LogP contribution >= 0.6 is 0 Å². The van der Waals surface area contributed by atoms with E-state index >= 15 is 0 Å². The standard InChI is InChI=1S/C10H10N6/c11-15-13-5-6-16-8-9(7-14-16)10-3-1-2-4-12-10/h1-4,7-8H,5-6H2. The minimum absolute atomic E-state index is 0.403. The first-order chi connectivity index (χ1) is 7.90. The Kier molecular flexibility index (Phi) is 3.15. The van der Waals surface area contributed by atoms with Gasteiger partial charge in [0.1, 0.15) is 0 Å². The van der Waals surface area contributed by atoms with Gasteiger partial charge in [0.15, 0.2) is 0 Å². The fourth-order valence-electron chi connectivity index (χ4n) is 1.34. The number of pyridine rings is 1. The van der Waals surface area contributed by atoms with Crippen molar-refractivity contribution in [2.24, 2.45) is 5.11 Å². The lowest BCUT2D eigenvalue weighted by Crippen LogP contribution is -2.00. The van der Waals surface area contributed by atoms with Crippen molar-refractivity contribution in [3.8, 4) is 11.3 Å². The molecule has 0 saturated carbocycles. The van der Waals surface area contributed by atoms with E-state index in [0.717, 1.165) is 11.3 Å². The van der Waals surface area contributed by atoms with Gasteiger partial charge in [0.25, 0.3) is 0 Å². The highest BCUT2D eigenvalue weighted by atomic mass is 15.3. The minimum atomic E-state index is 0.403. The van der Waals surface area contributed by atoms with Gasteiger partial charge in [0, 0.05) is 36.0 Å². The molecule has 6 nitrogen and oxygen atoms in total. The van der Waals surface area contributed by atoms with Crippen LogP contribution in [0.1, 0.15) is 0 Å². The van der Waals surface area contributed by atoms with E-state index in [1.165, 1.54) is 0 Å². The molecular weight excluding hydrogens is 204 g/mol. The van der Waals surface area contributed by atoms with E-state index in [2.05, 4.69) is 20.1 Å². The molecule has 0 aliphatic carbocycles. The summed E-state index contributed by atoms with van der Waals surface area (Å²) in [7, 11) is 0. The number of rotatable bonds is 4. The van der Waals surface area contributed by atoms with Crippen LogP contribution in [0.5, 0.6) is 0 Å². The van der Waals surface area contributed by atoms with Gasteiger partial charge in [-0.05, 0) is 17.7 Å².